The molecule has 0 amide bonds. The first kappa shape index (κ1) is 38.8. The fraction of sp³-hybridized carbons (Fsp3) is 0.154. The van der Waals surface area contributed by atoms with Gasteiger partial charge in [0, 0.05) is 47.1 Å². The Morgan fingerprint density at radius 2 is 1.38 bits per heavy atom. The molecule has 10 N–H and O–H groups in total. The average Bonchev–Trinajstić information content (AvgIpc) is 3.08. The second-order valence-corrected chi connectivity index (χ2v) is 10.2. The lowest BCUT2D eigenvalue weighted by atomic mass is 9.91. The van der Waals surface area contributed by atoms with Crippen LogP contribution in [0.25, 0.3) is 16.7 Å². The zero-order valence-electron chi connectivity index (χ0n) is 27.6. The molecule has 0 unspecified atom stereocenters. The topological polar surface area (TPSA) is 201 Å². The lowest BCUT2D eigenvalue weighted by molar-refractivity contribution is 1.25. The molecule has 1 aromatic carbocycles. The van der Waals surface area contributed by atoms with Crippen LogP contribution in [0.3, 0.4) is 0 Å². The van der Waals surface area contributed by atoms with E-state index in [2.05, 4.69) is 18.7 Å². The van der Waals surface area contributed by atoms with E-state index < -0.39 is 0 Å². The molecular weight excluding hydrogens is 580 g/mol. The average molecular weight is 625 g/mol. The summed E-state index contributed by atoms with van der Waals surface area (Å²) in [5, 5.41) is 27.8. The van der Waals surface area contributed by atoms with Gasteiger partial charge in [-0.05, 0) is 121 Å². The van der Waals surface area contributed by atoms with Gasteiger partial charge in [0.1, 0.15) is 0 Å². The normalized spacial score (nSPS) is 14.7. The van der Waals surface area contributed by atoms with Crippen molar-refractivity contribution in [1.29, 1.82) is 15.8 Å². The first-order chi connectivity index (χ1) is 22.5. The summed E-state index contributed by atoms with van der Waals surface area (Å²) in [4.78, 5) is 0. The molecule has 0 aromatic heterocycles. The number of nitrogens with two attached hydrogens (primary N) is 5. The van der Waals surface area contributed by atoms with Crippen molar-refractivity contribution >= 4 is 16.7 Å². The van der Waals surface area contributed by atoms with Crippen molar-refractivity contribution in [2.45, 2.75) is 34.1 Å². The molecule has 0 radical (unpaired) electrons. The van der Waals surface area contributed by atoms with Crippen LogP contribution in [0.5, 0.6) is 0 Å². The molecule has 8 heteroatoms. The van der Waals surface area contributed by atoms with Gasteiger partial charge < -0.3 is 28.7 Å². The Labute approximate surface area is 279 Å². The quantitative estimate of drug-likeness (QED) is 0.111. The van der Waals surface area contributed by atoms with Crippen LogP contribution >= 0.6 is 0 Å². The number of rotatable bonds is 14. The Bertz CT molecular complexity index is 1790. The van der Waals surface area contributed by atoms with Crippen LogP contribution in [0.1, 0.15) is 50.8 Å². The van der Waals surface area contributed by atoms with E-state index in [1.165, 1.54) is 12.4 Å². The summed E-state index contributed by atoms with van der Waals surface area (Å²) >= 11 is 0. The third kappa shape index (κ3) is 12.3. The van der Waals surface area contributed by atoms with Crippen molar-refractivity contribution < 1.29 is 0 Å². The first-order valence-corrected chi connectivity index (χ1v) is 14.8. The van der Waals surface area contributed by atoms with Gasteiger partial charge in [-0.2, -0.15) is 15.8 Å². The monoisotopic (exact) mass is 624 g/mol. The molecular formula is C39H44N8. The number of hydrogen-bond donors (Lipinski definition) is 5. The predicted octanol–water partition coefficient (Wildman–Crippen LogP) is 6.73. The molecule has 240 valence electrons. The highest BCUT2D eigenvalue weighted by Gasteiger charge is 2.11. The predicted molar refractivity (Wildman–Crippen MR) is 196 cm³/mol. The van der Waals surface area contributed by atoms with Crippen LogP contribution in [0, 0.1) is 34.0 Å². The van der Waals surface area contributed by atoms with E-state index in [0.29, 0.717) is 39.3 Å². The molecule has 0 aliphatic heterocycles. The molecule has 0 aliphatic carbocycles. The fourth-order valence-electron chi connectivity index (χ4n) is 4.12. The van der Waals surface area contributed by atoms with Crippen molar-refractivity contribution in [2.75, 3.05) is 6.54 Å². The number of nitrogens with zero attached hydrogens (tertiary/aromatic N) is 3. The zero-order valence-corrected chi connectivity index (χ0v) is 27.6. The van der Waals surface area contributed by atoms with Gasteiger partial charge in [-0.15, -0.1) is 0 Å². The van der Waals surface area contributed by atoms with E-state index in [4.69, 9.17) is 33.9 Å². The van der Waals surface area contributed by atoms with Crippen molar-refractivity contribution in [2.24, 2.45) is 28.7 Å². The van der Waals surface area contributed by atoms with Crippen molar-refractivity contribution in [3.05, 3.63) is 160 Å². The van der Waals surface area contributed by atoms with E-state index in [0.717, 1.165) is 33.4 Å². The van der Waals surface area contributed by atoms with Crippen LogP contribution in [0.4, 0.5) is 0 Å². The van der Waals surface area contributed by atoms with E-state index in [1.54, 1.807) is 55.5 Å². The molecule has 0 spiro atoms. The van der Waals surface area contributed by atoms with Crippen LogP contribution < -0.4 is 28.7 Å². The molecule has 0 saturated carbocycles. The standard InChI is InChI=1S/C39H44N8/c1-6-8-12-31(23-42)35(24-43)15-27(3)32-19-33(28(4)16-37(26-45)38(46)13-10-9-11-14-40)21-34(20-32)36(25-44)17-29(5)39(47)18-30(7-2)22-41/h6-10,12-13,15-21,24,26H,5,11,25,43-47H2,1-4H3/b8-6-,10-9-,27-15+,28-16+,30-7+,31-12+,35-24+,36-17+,37-26+,38-13-,39-18-. The Morgan fingerprint density at radius 3 is 1.87 bits per heavy atom. The van der Waals surface area contributed by atoms with Gasteiger partial charge >= 0.3 is 0 Å². The summed E-state index contributed by atoms with van der Waals surface area (Å²) in [6, 6.07) is 12.3. The number of benzene rings is 1. The Morgan fingerprint density at radius 1 is 0.787 bits per heavy atom. The molecule has 0 aliphatic rings. The maximum atomic E-state index is 9.75. The first-order valence-electron chi connectivity index (χ1n) is 14.8. The molecule has 0 saturated heterocycles. The van der Waals surface area contributed by atoms with E-state index in [-0.39, 0.29) is 13.0 Å². The molecule has 0 fully saturated rings. The van der Waals surface area contributed by atoms with Gasteiger partial charge in [0.15, 0.2) is 0 Å². The maximum Gasteiger partial charge on any atom is 0.0998 e. The van der Waals surface area contributed by atoms with E-state index in [9.17, 15) is 10.5 Å². The third-order valence-electron chi connectivity index (χ3n) is 6.85. The zero-order chi connectivity index (χ0) is 35.4. The highest BCUT2D eigenvalue weighted by atomic mass is 14.6. The number of hydrogen-bond acceptors (Lipinski definition) is 8. The minimum Gasteiger partial charge on any atom is -0.404 e. The third-order valence-corrected chi connectivity index (χ3v) is 6.85. The van der Waals surface area contributed by atoms with Gasteiger partial charge in [-0.3, -0.25) is 0 Å². The van der Waals surface area contributed by atoms with Crippen molar-refractivity contribution in [1.82, 2.24) is 0 Å². The summed E-state index contributed by atoms with van der Waals surface area (Å²) in [6.45, 7) is 11.8. The van der Waals surface area contributed by atoms with Crippen LogP contribution in [-0.2, 0) is 0 Å². The number of allylic oxidation sites excluding steroid dienone is 16. The summed E-state index contributed by atoms with van der Waals surface area (Å²) in [6.07, 6.45) is 22.3. The lowest BCUT2D eigenvalue weighted by Gasteiger charge is -2.15. The highest BCUT2D eigenvalue weighted by Crippen LogP contribution is 2.29. The number of nitriles is 3. The van der Waals surface area contributed by atoms with Crippen molar-refractivity contribution in [3.63, 3.8) is 0 Å². The molecule has 0 heterocycles. The minimum absolute atomic E-state index is 0.173. The van der Waals surface area contributed by atoms with Gasteiger partial charge in [0.05, 0.1) is 30.2 Å². The van der Waals surface area contributed by atoms with Gasteiger partial charge in [0.2, 0.25) is 0 Å². The second-order valence-electron chi connectivity index (χ2n) is 10.2. The molecule has 47 heavy (non-hydrogen) atoms. The van der Waals surface area contributed by atoms with Crippen molar-refractivity contribution in [3.8, 4) is 18.2 Å². The smallest absolute Gasteiger partial charge is 0.0998 e. The SMILES string of the molecule is C=C(/C=C(\CN)c1cc(/C(C)=C/C(=C\N)C(/N)=C/C=C\CC#N)cc(/C(C)=C/C(=C\N)C(/C#N)=C/C=C\C)c1)/C(N)=C/C(C#N)=C\C. The maximum absolute atomic E-state index is 9.75. The largest absolute Gasteiger partial charge is 0.404 e. The minimum atomic E-state index is 0.173. The highest BCUT2D eigenvalue weighted by molar-refractivity contribution is 5.81. The van der Waals surface area contributed by atoms with E-state index in [1.807, 2.05) is 63.3 Å². The van der Waals surface area contributed by atoms with Crippen LogP contribution in [0.15, 0.2) is 143 Å². The van der Waals surface area contributed by atoms with Crippen LogP contribution in [0.2, 0.25) is 0 Å². The molecule has 8 nitrogen and oxygen atoms in total. The Hall–Kier alpha value is -6.27. The Balaban J connectivity index is 3.99. The van der Waals surface area contributed by atoms with Gasteiger partial charge in [0.25, 0.3) is 0 Å². The lowest BCUT2D eigenvalue weighted by Crippen LogP contribution is -2.06. The summed E-state index contributed by atoms with van der Waals surface area (Å²) < 4.78 is 0. The molecule has 0 atom stereocenters. The summed E-state index contributed by atoms with van der Waals surface area (Å²) in [5.41, 5.74) is 39.0. The molecule has 1 aromatic rings. The Kier molecular flexibility index (Phi) is 17.0. The van der Waals surface area contributed by atoms with Gasteiger partial charge in [-0.25, -0.2) is 0 Å². The van der Waals surface area contributed by atoms with Gasteiger partial charge in [-0.1, -0.05) is 37.0 Å². The summed E-state index contributed by atoms with van der Waals surface area (Å²) in [7, 11) is 0. The molecule has 0 bridgehead atoms. The van der Waals surface area contributed by atoms with E-state index >= 15 is 0 Å². The molecule has 1 rings (SSSR count). The van der Waals surface area contributed by atoms with Crippen LogP contribution in [-0.4, -0.2) is 6.54 Å². The second kappa shape index (κ2) is 20.6. The fourth-order valence-corrected chi connectivity index (χ4v) is 4.12. The summed E-state index contributed by atoms with van der Waals surface area (Å²) in [5.74, 6) is 0.